The van der Waals surface area contributed by atoms with Crippen molar-refractivity contribution in [3.05, 3.63) is 42.2 Å². The molecule has 4 heteroatoms. The van der Waals surface area contributed by atoms with E-state index in [0.29, 0.717) is 6.54 Å². The van der Waals surface area contributed by atoms with Crippen molar-refractivity contribution >= 4 is 11.8 Å². The molecule has 1 heterocycles. The molecule has 0 radical (unpaired) electrons. The van der Waals surface area contributed by atoms with Gasteiger partial charge in [-0.05, 0) is 24.0 Å². The summed E-state index contributed by atoms with van der Waals surface area (Å²) in [5.41, 5.74) is 8.07. The molecule has 3 nitrogen and oxygen atoms in total. The molecule has 84 valence electrons. The molecule has 2 rings (SSSR count). The molecule has 0 fully saturated rings. The molecule has 0 aliphatic carbocycles. The number of aromatic nitrogens is 2. The highest BCUT2D eigenvalue weighted by Gasteiger charge is 2.08. The summed E-state index contributed by atoms with van der Waals surface area (Å²) in [6.07, 6.45) is 3.72. The topological polar surface area (TPSA) is 43.8 Å². The fraction of sp³-hybridized carbons (Fsp3) is 0.250. The van der Waals surface area contributed by atoms with E-state index < -0.39 is 0 Å². The highest BCUT2D eigenvalue weighted by Crippen LogP contribution is 2.26. The van der Waals surface area contributed by atoms with E-state index in [1.54, 1.807) is 6.20 Å². The molecule has 1 aromatic heterocycles. The maximum absolute atomic E-state index is 5.83. The summed E-state index contributed by atoms with van der Waals surface area (Å²) in [6, 6.07) is 8.13. The molecule has 16 heavy (non-hydrogen) atoms. The maximum Gasteiger partial charge on any atom is 0.0701 e. The van der Waals surface area contributed by atoms with Gasteiger partial charge in [-0.25, -0.2) is 4.68 Å². The Labute approximate surface area is 99.7 Å². The fourth-order valence-electron chi connectivity index (χ4n) is 1.68. The third-order valence-corrected chi connectivity index (χ3v) is 3.35. The molecular weight excluding hydrogens is 218 g/mol. The maximum atomic E-state index is 5.83. The molecule has 0 aliphatic rings. The van der Waals surface area contributed by atoms with Crippen molar-refractivity contribution in [2.75, 3.05) is 5.75 Å². The fourth-order valence-corrected chi connectivity index (χ4v) is 2.52. The van der Waals surface area contributed by atoms with Gasteiger partial charge in [0.05, 0.1) is 5.69 Å². The third-order valence-electron chi connectivity index (χ3n) is 2.36. The lowest BCUT2D eigenvalue weighted by Gasteiger charge is -2.12. The Morgan fingerprint density at radius 3 is 2.88 bits per heavy atom. The van der Waals surface area contributed by atoms with Crippen molar-refractivity contribution in [2.45, 2.75) is 18.4 Å². The lowest BCUT2D eigenvalue weighted by molar-refractivity contribution is 0.848. The number of thioether (sulfide) groups is 1. The van der Waals surface area contributed by atoms with Crippen molar-refractivity contribution < 1.29 is 0 Å². The van der Waals surface area contributed by atoms with Gasteiger partial charge in [0.15, 0.2) is 0 Å². The lowest BCUT2D eigenvalue weighted by Crippen LogP contribution is -2.06. The van der Waals surface area contributed by atoms with Crippen LogP contribution in [0.15, 0.2) is 41.6 Å². The van der Waals surface area contributed by atoms with Crippen LogP contribution in [0.3, 0.4) is 0 Å². The predicted octanol–water partition coefficient (Wildman–Crippen LogP) is 2.44. The van der Waals surface area contributed by atoms with Crippen LogP contribution in [0.25, 0.3) is 5.69 Å². The summed E-state index contributed by atoms with van der Waals surface area (Å²) in [6.45, 7) is 2.68. The van der Waals surface area contributed by atoms with Gasteiger partial charge in [0.1, 0.15) is 0 Å². The third kappa shape index (κ3) is 2.13. The molecule has 2 aromatic rings. The zero-order valence-corrected chi connectivity index (χ0v) is 10.1. The van der Waals surface area contributed by atoms with Gasteiger partial charge in [-0.2, -0.15) is 5.10 Å². The van der Waals surface area contributed by atoms with Gasteiger partial charge in [-0.3, -0.25) is 0 Å². The van der Waals surface area contributed by atoms with E-state index >= 15 is 0 Å². The van der Waals surface area contributed by atoms with E-state index in [9.17, 15) is 0 Å². The highest BCUT2D eigenvalue weighted by atomic mass is 32.2. The minimum Gasteiger partial charge on any atom is -0.326 e. The second-order valence-corrected chi connectivity index (χ2v) is 4.65. The van der Waals surface area contributed by atoms with Gasteiger partial charge in [-0.1, -0.05) is 13.0 Å². The minimum absolute atomic E-state index is 0.540. The van der Waals surface area contributed by atoms with Gasteiger partial charge in [-0.15, -0.1) is 11.8 Å². The van der Waals surface area contributed by atoms with E-state index in [-0.39, 0.29) is 0 Å². The molecular formula is C12H15N3S. The molecule has 0 saturated heterocycles. The first-order chi connectivity index (χ1) is 7.86. The summed E-state index contributed by atoms with van der Waals surface area (Å²) < 4.78 is 1.86. The average molecular weight is 233 g/mol. The van der Waals surface area contributed by atoms with Crippen LogP contribution in [0.5, 0.6) is 0 Å². The monoisotopic (exact) mass is 233 g/mol. The van der Waals surface area contributed by atoms with Gasteiger partial charge in [0, 0.05) is 29.4 Å². The molecule has 2 N–H and O–H groups in total. The van der Waals surface area contributed by atoms with Crippen molar-refractivity contribution in [1.29, 1.82) is 0 Å². The number of benzene rings is 1. The van der Waals surface area contributed by atoms with Crippen LogP contribution in [0.4, 0.5) is 0 Å². The second-order valence-electron chi connectivity index (χ2n) is 3.34. The first kappa shape index (κ1) is 11.2. The summed E-state index contributed by atoms with van der Waals surface area (Å²) in [4.78, 5) is 1.25. The summed E-state index contributed by atoms with van der Waals surface area (Å²) in [7, 11) is 0. The molecule has 0 amide bonds. The van der Waals surface area contributed by atoms with Crippen LogP contribution < -0.4 is 5.73 Å². The van der Waals surface area contributed by atoms with Crippen LogP contribution >= 0.6 is 11.8 Å². The predicted molar refractivity (Wildman–Crippen MR) is 67.9 cm³/mol. The zero-order valence-electron chi connectivity index (χ0n) is 9.26. The van der Waals surface area contributed by atoms with E-state index in [4.69, 9.17) is 5.73 Å². The van der Waals surface area contributed by atoms with E-state index in [1.807, 2.05) is 34.8 Å². The van der Waals surface area contributed by atoms with Crippen LogP contribution in [0, 0.1) is 0 Å². The van der Waals surface area contributed by atoms with Gasteiger partial charge >= 0.3 is 0 Å². The molecule has 0 bridgehead atoms. The van der Waals surface area contributed by atoms with Crippen LogP contribution in [-0.4, -0.2) is 15.5 Å². The molecule has 0 atom stereocenters. The van der Waals surface area contributed by atoms with Crippen molar-refractivity contribution in [3.8, 4) is 5.69 Å². The molecule has 1 aromatic carbocycles. The summed E-state index contributed by atoms with van der Waals surface area (Å²) >= 11 is 1.82. The Morgan fingerprint density at radius 1 is 1.38 bits per heavy atom. The second kappa shape index (κ2) is 5.18. The largest absolute Gasteiger partial charge is 0.326 e. The number of nitrogens with two attached hydrogens (primary N) is 1. The number of hydrogen-bond donors (Lipinski definition) is 1. The van der Waals surface area contributed by atoms with Crippen molar-refractivity contribution in [2.24, 2.45) is 5.73 Å². The van der Waals surface area contributed by atoms with Gasteiger partial charge < -0.3 is 5.73 Å². The molecule has 0 spiro atoms. The van der Waals surface area contributed by atoms with E-state index in [0.717, 1.165) is 17.0 Å². The molecule has 0 unspecified atom stereocenters. The average Bonchev–Trinajstić information content (AvgIpc) is 2.82. The first-order valence-corrected chi connectivity index (χ1v) is 6.30. The Balaban J connectivity index is 2.49. The van der Waals surface area contributed by atoms with Crippen molar-refractivity contribution in [1.82, 2.24) is 9.78 Å². The minimum atomic E-state index is 0.540. The lowest BCUT2D eigenvalue weighted by atomic mass is 10.2. The Morgan fingerprint density at radius 2 is 2.25 bits per heavy atom. The quantitative estimate of drug-likeness (QED) is 0.825. The van der Waals surface area contributed by atoms with Crippen LogP contribution in [0.2, 0.25) is 0 Å². The Kier molecular flexibility index (Phi) is 3.64. The Bertz CT molecular complexity index is 451. The highest BCUT2D eigenvalue weighted by molar-refractivity contribution is 7.99. The SMILES string of the molecule is CCSc1cccc(-n2cccn2)c1CN. The van der Waals surface area contributed by atoms with Crippen LogP contribution in [-0.2, 0) is 6.54 Å². The number of nitrogens with zero attached hydrogens (tertiary/aromatic N) is 2. The molecule has 0 saturated carbocycles. The van der Waals surface area contributed by atoms with Crippen molar-refractivity contribution in [3.63, 3.8) is 0 Å². The first-order valence-electron chi connectivity index (χ1n) is 5.31. The zero-order chi connectivity index (χ0) is 11.4. The number of rotatable bonds is 4. The van der Waals surface area contributed by atoms with E-state index in [1.165, 1.54) is 4.90 Å². The Hall–Kier alpha value is -1.26. The standard InChI is InChI=1S/C12H15N3S/c1-2-16-12-6-3-5-11(10(12)9-13)15-8-4-7-14-15/h3-8H,2,9,13H2,1H3. The smallest absolute Gasteiger partial charge is 0.0701 e. The molecule has 0 aliphatic heterocycles. The summed E-state index contributed by atoms with van der Waals surface area (Å²) in [5, 5.41) is 4.25. The normalized spacial score (nSPS) is 10.6. The number of hydrogen-bond acceptors (Lipinski definition) is 3. The summed E-state index contributed by atoms with van der Waals surface area (Å²) in [5.74, 6) is 1.05. The van der Waals surface area contributed by atoms with Gasteiger partial charge in [0.2, 0.25) is 0 Å². The van der Waals surface area contributed by atoms with E-state index in [2.05, 4.69) is 24.2 Å². The van der Waals surface area contributed by atoms with Gasteiger partial charge in [0.25, 0.3) is 0 Å². The van der Waals surface area contributed by atoms with Crippen LogP contribution in [0.1, 0.15) is 12.5 Å².